The minimum atomic E-state index is -4.75. The number of rotatable bonds is 7. The van der Waals surface area contributed by atoms with E-state index in [-0.39, 0.29) is 50.1 Å². The minimum Gasteiger partial charge on any atom is -0.309 e. The molecule has 11 nitrogen and oxygen atoms in total. The van der Waals surface area contributed by atoms with Gasteiger partial charge in [0.1, 0.15) is 6.07 Å². The quantitative estimate of drug-likeness (QED) is 0.148. The fourth-order valence-corrected chi connectivity index (χ4v) is 11.2. The Kier molecular flexibility index (Phi) is 12.5. The van der Waals surface area contributed by atoms with Crippen molar-refractivity contribution in [3.8, 4) is 122 Å². The fraction of sp³-hybridized carbons (Fsp3) is 0.0143. The first-order chi connectivity index (χ1) is 40.8. The minimum absolute atomic E-state index is 0.112. The number of nitriles is 9. The summed E-state index contributed by atoms with van der Waals surface area (Å²) in [5.74, 6) is 0. The third-order valence-electron chi connectivity index (χ3n) is 15.1. The van der Waals surface area contributed by atoms with E-state index in [1.165, 1.54) is 30.3 Å². The third kappa shape index (κ3) is 8.57. The zero-order valence-electron chi connectivity index (χ0n) is 43.4. The molecule has 0 N–H and O–H groups in total. The van der Waals surface area contributed by atoms with Gasteiger partial charge in [0.15, 0.2) is 0 Å². The van der Waals surface area contributed by atoms with Gasteiger partial charge in [0.05, 0.1) is 138 Å². The Hall–Kier alpha value is -13.0. The van der Waals surface area contributed by atoms with Crippen LogP contribution in [0.15, 0.2) is 182 Å². The number of hydrogen-bond donors (Lipinski definition) is 0. The molecule has 2 aromatic heterocycles. The standard InChI is InChI=1S/C70H30F3N11/c71-70(72,73)54-3-1-2-44(24-54)59-30-68(83-64-16-8-45(55-12-4-40(31-74)20-49(55)35-78)25-60(64)61-26-46(9-17-65(61)83)56-13-5-41(32-75)21-50(56)36-79)53(39-82)29-69(59)84-66-18-10-47(57-14-6-42(33-76)22-51(57)37-80)27-62(66)63-28-48(11-19-67(63)84)58-15-7-43(34-77)23-52(58)38-81/h1-30H. The zero-order chi connectivity index (χ0) is 58.6. The van der Waals surface area contributed by atoms with Crippen LogP contribution < -0.4 is 0 Å². The van der Waals surface area contributed by atoms with Crippen LogP contribution in [0.3, 0.4) is 0 Å². The van der Waals surface area contributed by atoms with Gasteiger partial charge in [-0.25, -0.2) is 0 Å². The Morgan fingerprint density at radius 3 is 0.905 bits per heavy atom. The molecule has 386 valence electrons. The highest BCUT2D eigenvalue weighted by atomic mass is 19.4. The largest absolute Gasteiger partial charge is 0.416 e. The highest BCUT2D eigenvalue weighted by molar-refractivity contribution is 6.14. The van der Waals surface area contributed by atoms with E-state index in [1.807, 2.05) is 57.7 Å². The van der Waals surface area contributed by atoms with Crippen molar-refractivity contribution in [2.75, 3.05) is 0 Å². The van der Waals surface area contributed by atoms with Gasteiger partial charge in [-0.05, 0) is 171 Å². The monoisotopic (exact) mass is 1080 g/mol. The number of benzene rings is 10. The maximum Gasteiger partial charge on any atom is 0.416 e. The molecule has 0 atom stereocenters. The molecule has 0 unspecified atom stereocenters. The summed E-state index contributed by atoms with van der Waals surface area (Å²) >= 11 is 0. The molecule has 0 bridgehead atoms. The van der Waals surface area contributed by atoms with Gasteiger partial charge in [0.2, 0.25) is 0 Å². The van der Waals surface area contributed by atoms with E-state index < -0.39 is 11.7 Å². The molecule has 14 heteroatoms. The van der Waals surface area contributed by atoms with Gasteiger partial charge < -0.3 is 9.13 Å². The number of alkyl halides is 3. The molecule has 10 aromatic carbocycles. The van der Waals surface area contributed by atoms with E-state index in [1.54, 1.807) is 91.0 Å². The van der Waals surface area contributed by atoms with Crippen molar-refractivity contribution in [2.24, 2.45) is 0 Å². The van der Waals surface area contributed by atoms with Crippen LogP contribution in [0, 0.1) is 102 Å². The Morgan fingerprint density at radius 2 is 0.595 bits per heavy atom. The van der Waals surface area contributed by atoms with Gasteiger partial charge >= 0.3 is 6.18 Å². The first-order valence-electron chi connectivity index (χ1n) is 25.6. The second-order valence-electron chi connectivity index (χ2n) is 19.6. The molecule has 0 fully saturated rings. The lowest BCUT2D eigenvalue weighted by Gasteiger charge is -2.20. The molecule has 0 saturated heterocycles. The van der Waals surface area contributed by atoms with Gasteiger partial charge in [-0.3, -0.25) is 0 Å². The van der Waals surface area contributed by atoms with E-state index in [2.05, 4.69) is 54.6 Å². The Balaban J connectivity index is 1.18. The van der Waals surface area contributed by atoms with E-state index in [0.717, 1.165) is 12.1 Å². The number of fused-ring (bicyclic) bond motifs is 6. The first-order valence-corrected chi connectivity index (χ1v) is 25.6. The van der Waals surface area contributed by atoms with Crippen molar-refractivity contribution in [3.05, 3.63) is 238 Å². The number of aromatic nitrogens is 2. The van der Waals surface area contributed by atoms with Crippen LogP contribution in [-0.2, 0) is 6.18 Å². The molecule has 12 aromatic rings. The SMILES string of the molecule is N#Cc1ccc(-c2ccc3c(c2)c2cc(-c4ccc(C#N)cc4C#N)ccc2n3-c2cc(-c3cccc(C(F)(F)F)c3)c(-n3c4ccc(-c5ccc(C#N)cc5C#N)cc4c4cc(-c5ccc(C#N)cc5C#N)ccc43)cc2C#N)c(C#N)c1. The summed E-state index contributed by atoms with van der Waals surface area (Å²) < 4.78 is 48.4. The first kappa shape index (κ1) is 51.7. The van der Waals surface area contributed by atoms with Crippen LogP contribution in [0.1, 0.15) is 55.6 Å². The maximum absolute atomic E-state index is 14.9. The van der Waals surface area contributed by atoms with Crippen LogP contribution in [-0.4, -0.2) is 9.13 Å². The predicted octanol–water partition coefficient (Wildman–Crippen LogP) is 16.1. The van der Waals surface area contributed by atoms with E-state index >= 15 is 0 Å². The van der Waals surface area contributed by atoms with Crippen LogP contribution >= 0.6 is 0 Å². The van der Waals surface area contributed by atoms with Crippen molar-refractivity contribution in [2.45, 2.75) is 6.18 Å². The van der Waals surface area contributed by atoms with E-state index in [0.29, 0.717) is 111 Å². The molecule has 84 heavy (non-hydrogen) atoms. The van der Waals surface area contributed by atoms with Crippen molar-refractivity contribution >= 4 is 43.6 Å². The smallest absolute Gasteiger partial charge is 0.309 e. The summed E-state index contributed by atoms with van der Waals surface area (Å²) in [5.41, 5.74) is 9.25. The van der Waals surface area contributed by atoms with Gasteiger partial charge in [-0.15, -0.1) is 0 Å². The molecule has 0 saturated carbocycles. The van der Waals surface area contributed by atoms with Gasteiger partial charge in [-0.2, -0.15) is 60.5 Å². The summed E-state index contributed by atoms with van der Waals surface area (Å²) in [4.78, 5) is 0. The number of hydrogen-bond acceptors (Lipinski definition) is 9. The number of halogens is 3. The summed E-state index contributed by atoms with van der Waals surface area (Å²) in [5, 5.41) is 93.9. The lowest BCUT2D eigenvalue weighted by molar-refractivity contribution is -0.137. The predicted molar refractivity (Wildman–Crippen MR) is 310 cm³/mol. The lowest BCUT2D eigenvalue weighted by atomic mass is 9.95. The van der Waals surface area contributed by atoms with E-state index in [4.69, 9.17) is 0 Å². The molecule has 0 aliphatic carbocycles. The highest BCUT2D eigenvalue weighted by Gasteiger charge is 2.31. The molecule has 0 spiro atoms. The molecule has 0 radical (unpaired) electrons. The Labute approximate surface area is 476 Å². The van der Waals surface area contributed by atoms with Crippen LogP contribution in [0.2, 0.25) is 0 Å². The average Bonchev–Trinajstić information content (AvgIpc) is 1.77. The molecule has 12 rings (SSSR count). The van der Waals surface area contributed by atoms with Crippen LogP contribution in [0.5, 0.6) is 0 Å². The van der Waals surface area contributed by atoms with Crippen molar-refractivity contribution < 1.29 is 13.2 Å². The molecule has 2 heterocycles. The van der Waals surface area contributed by atoms with Crippen LogP contribution in [0.4, 0.5) is 13.2 Å². The van der Waals surface area contributed by atoms with Crippen molar-refractivity contribution in [3.63, 3.8) is 0 Å². The van der Waals surface area contributed by atoms with Gasteiger partial charge in [0.25, 0.3) is 0 Å². The summed E-state index contributed by atoms with van der Waals surface area (Å²) in [6.07, 6.45) is -4.75. The van der Waals surface area contributed by atoms with Gasteiger partial charge in [0, 0.05) is 27.1 Å². The normalized spacial score (nSPS) is 10.9. The molecule has 0 amide bonds. The maximum atomic E-state index is 14.9. The number of nitrogens with zero attached hydrogens (tertiary/aromatic N) is 11. The molecular weight excluding hydrogens is 1050 g/mol. The van der Waals surface area contributed by atoms with Crippen molar-refractivity contribution in [1.82, 2.24) is 9.13 Å². The highest BCUT2D eigenvalue weighted by Crippen LogP contribution is 2.45. The molecular formula is C70H30F3N11. The zero-order valence-corrected chi connectivity index (χ0v) is 43.4. The summed E-state index contributed by atoms with van der Waals surface area (Å²) in [7, 11) is 0. The topological polar surface area (TPSA) is 224 Å². The van der Waals surface area contributed by atoms with Crippen molar-refractivity contribution in [1.29, 1.82) is 47.4 Å². The second kappa shape index (κ2) is 20.3. The fourth-order valence-electron chi connectivity index (χ4n) is 11.2. The summed E-state index contributed by atoms with van der Waals surface area (Å²) in [6.45, 7) is 0. The Bertz CT molecular complexity index is 5060. The Morgan fingerprint density at radius 1 is 0.274 bits per heavy atom. The molecule has 0 aliphatic rings. The average molecular weight is 1080 g/mol. The lowest BCUT2D eigenvalue weighted by Crippen LogP contribution is -2.06. The molecule has 0 aliphatic heterocycles. The third-order valence-corrected chi connectivity index (χ3v) is 15.1. The van der Waals surface area contributed by atoms with E-state index in [9.17, 15) is 60.5 Å². The summed E-state index contributed by atoms with van der Waals surface area (Å²) in [6, 6.07) is 69.0. The second-order valence-corrected chi connectivity index (χ2v) is 19.6. The van der Waals surface area contributed by atoms with Crippen LogP contribution in [0.25, 0.3) is 111 Å². The van der Waals surface area contributed by atoms with Gasteiger partial charge in [-0.1, -0.05) is 60.7 Å².